The van der Waals surface area contributed by atoms with E-state index in [1.807, 2.05) is 0 Å². The van der Waals surface area contributed by atoms with E-state index < -0.39 is 5.41 Å². The first-order chi connectivity index (χ1) is 27.2. The molecule has 270 valence electrons. The third-order valence-corrected chi connectivity index (χ3v) is 13.4. The molecule has 0 aromatic heterocycles. The molecule has 1 spiro atoms. The Morgan fingerprint density at radius 1 is 0.429 bits per heavy atom. The first kappa shape index (κ1) is 33.1. The maximum Gasteiger partial charge on any atom is 0.159 e. The van der Waals surface area contributed by atoms with Gasteiger partial charge < -0.3 is 4.90 Å². The van der Waals surface area contributed by atoms with Gasteiger partial charge in [0.25, 0.3) is 0 Å². The van der Waals surface area contributed by atoms with E-state index in [1.54, 1.807) is 0 Å². The molecule has 0 radical (unpaired) electrons. The quantitative estimate of drug-likeness (QED) is 0.178. The zero-order chi connectivity index (χ0) is 38.0. The van der Waals surface area contributed by atoms with E-state index in [-0.39, 0.29) is 17.0 Å². The molecule has 0 N–H and O–H groups in total. The molecule has 11 rings (SSSR count). The lowest BCUT2D eigenvalue weighted by Crippen LogP contribution is -2.40. The zero-order valence-electron chi connectivity index (χ0n) is 32.5. The fourth-order valence-corrected chi connectivity index (χ4v) is 10.7. The van der Waals surface area contributed by atoms with E-state index in [4.69, 9.17) is 9.98 Å². The van der Waals surface area contributed by atoms with Gasteiger partial charge in [-0.1, -0.05) is 179 Å². The minimum absolute atomic E-state index is 0.115. The fraction of sp³-hybridized carbons (Fsp3) is 0.170. The first-order valence-electron chi connectivity index (χ1n) is 19.8. The van der Waals surface area contributed by atoms with E-state index in [0.717, 1.165) is 28.4 Å². The summed E-state index contributed by atoms with van der Waals surface area (Å²) in [5.74, 6) is 1.67. The summed E-state index contributed by atoms with van der Waals surface area (Å²) in [4.78, 5) is 13.2. The van der Waals surface area contributed by atoms with E-state index in [1.165, 1.54) is 66.8 Å². The molecule has 1 atom stereocenters. The summed E-state index contributed by atoms with van der Waals surface area (Å²) in [7, 11) is 2.13. The van der Waals surface area contributed by atoms with Crippen LogP contribution in [0.25, 0.3) is 22.3 Å². The first-order valence-corrected chi connectivity index (χ1v) is 19.8. The second-order valence-corrected chi connectivity index (χ2v) is 17.0. The Morgan fingerprint density at radius 3 is 1.55 bits per heavy atom. The second-order valence-electron chi connectivity index (χ2n) is 17.0. The Kier molecular flexibility index (Phi) is 6.85. The van der Waals surface area contributed by atoms with Crippen molar-refractivity contribution >= 4 is 11.7 Å². The maximum atomic E-state index is 5.51. The molecule has 3 heteroatoms. The summed E-state index contributed by atoms with van der Waals surface area (Å²) in [6, 6.07) is 60.7. The van der Waals surface area contributed by atoms with Gasteiger partial charge in [0.2, 0.25) is 0 Å². The number of rotatable bonds is 3. The monoisotopic (exact) mass is 721 g/mol. The Balaban J connectivity index is 1.14. The van der Waals surface area contributed by atoms with Crippen LogP contribution in [0.3, 0.4) is 0 Å². The van der Waals surface area contributed by atoms with Gasteiger partial charge in [-0.25, -0.2) is 9.98 Å². The van der Waals surface area contributed by atoms with Crippen molar-refractivity contribution in [3.63, 3.8) is 0 Å². The molecular weight excluding hydrogens is 679 g/mol. The Morgan fingerprint density at radius 2 is 0.893 bits per heavy atom. The molecule has 4 aliphatic rings. The standard InChI is InChI=1S/C53H43N3/c1-51(2)40-21-11-9-19-36(40)38-30-28-35(32-46(38)51)50-55-48(54-49(56(50)5)33-17-7-6-8-18-33)34-27-29-39-37-20-10-12-22-41(37)53(47(39)31-34)44-25-15-13-23-42(44)52(3,4)43-24-14-16-26-45(43)53/h6-32,49H,1-5H3. The van der Waals surface area contributed by atoms with Gasteiger partial charge in [-0.2, -0.15) is 0 Å². The lowest BCUT2D eigenvalue weighted by atomic mass is 9.55. The molecule has 0 saturated carbocycles. The SMILES string of the molecule is CN1C(c2ccc3c(c2)C(C)(C)c2ccccc2-3)=NC(c2ccc3c(c2)C2(c4ccccc4-3)c3ccccc3C(C)(C)c3ccccc32)=NC1c1ccccc1. The third-order valence-electron chi connectivity index (χ3n) is 13.4. The molecule has 0 fully saturated rings. The molecule has 7 aromatic rings. The summed E-state index contributed by atoms with van der Waals surface area (Å²) >= 11 is 0. The lowest BCUT2D eigenvalue weighted by molar-refractivity contribution is 0.383. The average molecular weight is 722 g/mol. The molecule has 3 aliphatic carbocycles. The summed E-state index contributed by atoms with van der Waals surface area (Å²) in [6.07, 6.45) is -0.242. The summed E-state index contributed by atoms with van der Waals surface area (Å²) in [5.41, 5.74) is 18.5. The second kappa shape index (κ2) is 11.6. The highest BCUT2D eigenvalue weighted by Crippen LogP contribution is 2.62. The van der Waals surface area contributed by atoms with Crippen LogP contribution in [0.2, 0.25) is 0 Å². The molecule has 1 aliphatic heterocycles. The zero-order valence-corrected chi connectivity index (χ0v) is 32.5. The highest BCUT2D eigenvalue weighted by Gasteiger charge is 2.53. The number of benzene rings is 7. The van der Waals surface area contributed by atoms with Gasteiger partial charge in [0, 0.05) is 29.0 Å². The molecule has 1 unspecified atom stereocenters. The van der Waals surface area contributed by atoms with Crippen LogP contribution in [0.4, 0.5) is 0 Å². The van der Waals surface area contributed by atoms with Crippen LogP contribution in [-0.4, -0.2) is 23.6 Å². The predicted molar refractivity (Wildman–Crippen MR) is 230 cm³/mol. The summed E-state index contributed by atoms with van der Waals surface area (Å²) < 4.78 is 0. The van der Waals surface area contributed by atoms with Crippen molar-refractivity contribution in [2.24, 2.45) is 9.98 Å². The van der Waals surface area contributed by atoms with Crippen molar-refractivity contribution in [3.05, 3.63) is 225 Å². The number of nitrogens with zero attached hydrogens (tertiary/aromatic N) is 3. The van der Waals surface area contributed by atoms with Crippen LogP contribution in [0.15, 0.2) is 174 Å². The molecule has 1 heterocycles. The minimum Gasteiger partial charge on any atom is -0.333 e. The topological polar surface area (TPSA) is 28.0 Å². The van der Waals surface area contributed by atoms with Gasteiger partial charge in [-0.3, -0.25) is 0 Å². The van der Waals surface area contributed by atoms with Crippen LogP contribution < -0.4 is 0 Å². The molecule has 0 saturated heterocycles. The molecule has 7 aromatic carbocycles. The maximum absolute atomic E-state index is 5.51. The van der Waals surface area contributed by atoms with Crippen molar-refractivity contribution in [1.82, 2.24) is 4.90 Å². The Labute approximate surface area is 329 Å². The van der Waals surface area contributed by atoms with Crippen LogP contribution in [0, 0.1) is 0 Å². The van der Waals surface area contributed by atoms with Gasteiger partial charge in [0.15, 0.2) is 5.84 Å². The number of hydrogen-bond donors (Lipinski definition) is 0. The van der Waals surface area contributed by atoms with Crippen molar-refractivity contribution < 1.29 is 0 Å². The molecule has 0 amide bonds. The van der Waals surface area contributed by atoms with Crippen molar-refractivity contribution in [3.8, 4) is 22.3 Å². The van der Waals surface area contributed by atoms with Gasteiger partial charge in [-0.15, -0.1) is 0 Å². The minimum atomic E-state index is -0.484. The smallest absolute Gasteiger partial charge is 0.159 e. The summed E-state index contributed by atoms with van der Waals surface area (Å²) in [5, 5.41) is 0. The Hall–Kier alpha value is -6.32. The molecule has 3 nitrogen and oxygen atoms in total. The highest BCUT2D eigenvalue weighted by atomic mass is 15.3. The van der Waals surface area contributed by atoms with Crippen molar-refractivity contribution in [1.29, 1.82) is 0 Å². The van der Waals surface area contributed by atoms with Gasteiger partial charge in [-0.05, 0) is 84.5 Å². The van der Waals surface area contributed by atoms with Crippen LogP contribution in [0.5, 0.6) is 0 Å². The third kappa shape index (κ3) is 4.29. The molecule has 0 bridgehead atoms. The number of aliphatic imine (C=N–C) groups is 2. The van der Waals surface area contributed by atoms with E-state index >= 15 is 0 Å². The molecular formula is C53H43N3. The average Bonchev–Trinajstić information content (AvgIpc) is 3.66. The number of amidine groups is 2. The summed E-state index contributed by atoms with van der Waals surface area (Å²) in [6.45, 7) is 9.44. The molecule has 56 heavy (non-hydrogen) atoms. The van der Waals surface area contributed by atoms with E-state index in [2.05, 4.69) is 203 Å². The van der Waals surface area contributed by atoms with Crippen LogP contribution in [-0.2, 0) is 16.2 Å². The van der Waals surface area contributed by atoms with Crippen LogP contribution in [0.1, 0.15) is 95.1 Å². The normalized spacial score (nSPS) is 18.5. The van der Waals surface area contributed by atoms with Gasteiger partial charge in [0.05, 0.1) is 5.41 Å². The van der Waals surface area contributed by atoms with E-state index in [9.17, 15) is 0 Å². The predicted octanol–water partition coefficient (Wildman–Crippen LogP) is 11.8. The largest absolute Gasteiger partial charge is 0.333 e. The number of fused-ring (bicyclic) bond motifs is 12. The van der Waals surface area contributed by atoms with Crippen molar-refractivity contribution in [2.75, 3.05) is 7.05 Å². The Bertz CT molecular complexity index is 2790. The number of hydrogen-bond acceptors (Lipinski definition) is 3. The lowest BCUT2D eigenvalue weighted by Gasteiger charge is -2.46. The fourth-order valence-electron chi connectivity index (χ4n) is 10.7. The van der Waals surface area contributed by atoms with Crippen molar-refractivity contribution in [2.45, 2.75) is 50.1 Å². The van der Waals surface area contributed by atoms with Gasteiger partial charge >= 0.3 is 0 Å². The highest BCUT2D eigenvalue weighted by molar-refractivity contribution is 6.13. The van der Waals surface area contributed by atoms with E-state index in [0.29, 0.717) is 0 Å². The van der Waals surface area contributed by atoms with Gasteiger partial charge in [0.1, 0.15) is 12.0 Å². The van der Waals surface area contributed by atoms with Crippen LogP contribution >= 0.6 is 0 Å².